The third kappa shape index (κ3) is 1.87. The van der Waals surface area contributed by atoms with Crippen LogP contribution in [0, 0.1) is 6.92 Å². The van der Waals surface area contributed by atoms with Gasteiger partial charge in [-0.15, -0.1) is 0 Å². The molecular weight excluding hydrogens is 234 g/mol. The van der Waals surface area contributed by atoms with Gasteiger partial charge < -0.3 is 4.98 Å². The smallest absolute Gasteiger partial charge is 0.175 e. The summed E-state index contributed by atoms with van der Waals surface area (Å²) in [6.45, 7) is 1.90. The van der Waals surface area contributed by atoms with Gasteiger partial charge in [-0.25, -0.2) is 8.42 Å². The Morgan fingerprint density at radius 2 is 1.93 bits per heavy atom. The number of hydrogen-bond acceptors (Lipinski definition) is 2. The van der Waals surface area contributed by atoms with E-state index in [-0.39, 0.29) is 4.90 Å². The molecule has 0 radical (unpaired) electrons. The zero-order chi connectivity index (χ0) is 11.2. The van der Waals surface area contributed by atoms with Crippen LogP contribution in [-0.4, -0.2) is 19.7 Å². The molecule has 0 aliphatic heterocycles. The normalized spacial score (nSPS) is 12.2. The lowest BCUT2D eigenvalue weighted by atomic mass is 10.2. The van der Waals surface area contributed by atoms with Gasteiger partial charge in [0, 0.05) is 17.3 Å². The van der Waals surface area contributed by atoms with Gasteiger partial charge in [-0.2, -0.15) is 0 Å². The van der Waals surface area contributed by atoms with E-state index in [0.717, 1.165) is 16.6 Å². The minimum absolute atomic E-state index is 0.249. The SMILES string of the molecule is Cc1cc2cc(S(C)(=O)=O)cc(Cl)c2[nH]1. The van der Waals surface area contributed by atoms with E-state index in [1.807, 2.05) is 13.0 Å². The van der Waals surface area contributed by atoms with E-state index in [1.165, 1.54) is 12.3 Å². The molecule has 1 heterocycles. The Kier molecular flexibility index (Phi) is 2.28. The van der Waals surface area contributed by atoms with Crippen molar-refractivity contribution in [3.05, 3.63) is 28.9 Å². The molecule has 1 aromatic heterocycles. The van der Waals surface area contributed by atoms with Gasteiger partial charge in [0.05, 0.1) is 15.4 Å². The second-order valence-corrected chi connectivity index (χ2v) is 6.02. The molecule has 5 heteroatoms. The first-order valence-corrected chi connectivity index (χ1v) is 6.64. The topological polar surface area (TPSA) is 49.9 Å². The van der Waals surface area contributed by atoms with Gasteiger partial charge in [0.25, 0.3) is 0 Å². The Balaban J connectivity index is 2.84. The Hall–Kier alpha value is -1.00. The summed E-state index contributed by atoms with van der Waals surface area (Å²) in [5.74, 6) is 0. The second-order valence-electron chi connectivity index (χ2n) is 3.59. The monoisotopic (exact) mass is 243 g/mol. The van der Waals surface area contributed by atoms with Crippen molar-refractivity contribution in [1.29, 1.82) is 0 Å². The molecule has 0 fully saturated rings. The lowest BCUT2D eigenvalue weighted by molar-refractivity contribution is 0.602. The number of fused-ring (bicyclic) bond motifs is 1. The number of aromatic nitrogens is 1. The third-order valence-electron chi connectivity index (χ3n) is 2.22. The molecular formula is C10H10ClNO2S. The van der Waals surface area contributed by atoms with Crippen molar-refractivity contribution < 1.29 is 8.42 Å². The molecule has 0 saturated carbocycles. The molecule has 2 rings (SSSR count). The van der Waals surface area contributed by atoms with Crippen molar-refractivity contribution in [2.24, 2.45) is 0 Å². The molecule has 0 unspecified atom stereocenters. The summed E-state index contributed by atoms with van der Waals surface area (Å²) < 4.78 is 22.7. The van der Waals surface area contributed by atoms with Gasteiger partial charge in [0.15, 0.2) is 9.84 Å². The van der Waals surface area contributed by atoms with Crippen molar-refractivity contribution >= 4 is 32.3 Å². The molecule has 80 valence electrons. The average Bonchev–Trinajstić information content (AvgIpc) is 2.44. The molecule has 0 aliphatic carbocycles. The molecule has 1 aromatic carbocycles. The lowest BCUT2D eigenvalue weighted by Crippen LogP contribution is -1.96. The number of aryl methyl sites for hydroxylation is 1. The van der Waals surface area contributed by atoms with Crippen molar-refractivity contribution in [2.75, 3.05) is 6.26 Å². The highest BCUT2D eigenvalue weighted by molar-refractivity contribution is 7.90. The van der Waals surface area contributed by atoms with E-state index in [4.69, 9.17) is 11.6 Å². The first-order chi connectivity index (χ1) is 6.88. The number of hydrogen-bond donors (Lipinski definition) is 1. The summed E-state index contributed by atoms with van der Waals surface area (Å²) in [6.07, 6.45) is 1.17. The Morgan fingerprint density at radius 3 is 2.53 bits per heavy atom. The highest BCUT2D eigenvalue weighted by atomic mass is 35.5. The van der Waals surface area contributed by atoms with Crippen LogP contribution < -0.4 is 0 Å². The summed E-state index contributed by atoms with van der Waals surface area (Å²) in [5.41, 5.74) is 1.74. The predicted octanol–water partition coefficient (Wildman–Crippen LogP) is 2.53. The summed E-state index contributed by atoms with van der Waals surface area (Å²) in [4.78, 5) is 3.33. The van der Waals surface area contributed by atoms with Crippen molar-refractivity contribution in [3.63, 3.8) is 0 Å². The predicted molar refractivity (Wildman–Crippen MR) is 61.2 cm³/mol. The molecule has 3 nitrogen and oxygen atoms in total. The largest absolute Gasteiger partial charge is 0.357 e. The van der Waals surface area contributed by atoms with Crippen LogP contribution >= 0.6 is 11.6 Å². The standard InChI is InChI=1S/C10H10ClNO2S/c1-6-3-7-4-8(15(2,13)14)5-9(11)10(7)12-6/h3-5,12H,1-2H3. The summed E-state index contributed by atoms with van der Waals surface area (Å²) in [6, 6.07) is 4.96. The van der Waals surface area contributed by atoms with Gasteiger partial charge in [-0.3, -0.25) is 0 Å². The molecule has 0 aliphatic rings. The first kappa shape index (κ1) is 10.5. The summed E-state index contributed by atoms with van der Waals surface area (Å²) in [5, 5.41) is 1.25. The maximum absolute atomic E-state index is 11.4. The fourth-order valence-electron chi connectivity index (χ4n) is 1.53. The number of rotatable bonds is 1. The zero-order valence-electron chi connectivity index (χ0n) is 8.33. The van der Waals surface area contributed by atoms with Crippen LogP contribution in [0.5, 0.6) is 0 Å². The molecule has 0 saturated heterocycles. The average molecular weight is 244 g/mol. The summed E-state index contributed by atoms with van der Waals surface area (Å²) in [7, 11) is -3.21. The van der Waals surface area contributed by atoms with Crippen LogP contribution in [0.15, 0.2) is 23.1 Å². The Morgan fingerprint density at radius 1 is 1.27 bits per heavy atom. The van der Waals surface area contributed by atoms with Gasteiger partial charge in [-0.1, -0.05) is 11.6 Å². The van der Waals surface area contributed by atoms with E-state index >= 15 is 0 Å². The molecule has 0 atom stereocenters. The van der Waals surface area contributed by atoms with Crippen molar-refractivity contribution in [2.45, 2.75) is 11.8 Å². The molecule has 0 spiro atoms. The second kappa shape index (κ2) is 3.25. The third-order valence-corrected chi connectivity index (χ3v) is 3.61. The van der Waals surface area contributed by atoms with Gasteiger partial charge in [0.2, 0.25) is 0 Å². The van der Waals surface area contributed by atoms with Crippen molar-refractivity contribution in [1.82, 2.24) is 4.98 Å². The van der Waals surface area contributed by atoms with E-state index in [0.29, 0.717) is 5.02 Å². The number of halogens is 1. The number of aromatic amines is 1. The highest BCUT2D eigenvalue weighted by Gasteiger charge is 2.11. The number of benzene rings is 1. The van der Waals surface area contributed by atoms with Crippen LogP contribution in [0.2, 0.25) is 5.02 Å². The number of nitrogens with one attached hydrogen (secondary N) is 1. The van der Waals surface area contributed by atoms with E-state index < -0.39 is 9.84 Å². The maximum Gasteiger partial charge on any atom is 0.175 e. The highest BCUT2D eigenvalue weighted by Crippen LogP contribution is 2.27. The fraction of sp³-hybridized carbons (Fsp3) is 0.200. The zero-order valence-corrected chi connectivity index (χ0v) is 9.91. The fourth-order valence-corrected chi connectivity index (χ4v) is 2.54. The number of H-pyrrole nitrogens is 1. The minimum atomic E-state index is -3.21. The van der Waals surface area contributed by atoms with Crippen LogP contribution in [-0.2, 0) is 9.84 Å². The van der Waals surface area contributed by atoms with Crippen molar-refractivity contribution in [3.8, 4) is 0 Å². The molecule has 1 N–H and O–H groups in total. The van der Waals surface area contributed by atoms with Crippen LogP contribution in [0.4, 0.5) is 0 Å². The maximum atomic E-state index is 11.4. The minimum Gasteiger partial charge on any atom is -0.357 e. The summed E-state index contributed by atoms with van der Waals surface area (Å²) >= 11 is 5.99. The molecule has 0 bridgehead atoms. The molecule has 15 heavy (non-hydrogen) atoms. The van der Waals surface area contributed by atoms with E-state index in [2.05, 4.69) is 4.98 Å². The lowest BCUT2D eigenvalue weighted by Gasteiger charge is -2.00. The quantitative estimate of drug-likeness (QED) is 0.837. The Bertz CT molecular complexity index is 628. The van der Waals surface area contributed by atoms with Gasteiger partial charge in [0.1, 0.15) is 0 Å². The van der Waals surface area contributed by atoms with E-state index in [9.17, 15) is 8.42 Å². The molecule has 0 amide bonds. The van der Waals surface area contributed by atoms with Gasteiger partial charge >= 0.3 is 0 Å². The Labute approximate surface area is 93.0 Å². The van der Waals surface area contributed by atoms with Crippen LogP contribution in [0.25, 0.3) is 10.9 Å². The number of sulfone groups is 1. The van der Waals surface area contributed by atoms with Crippen LogP contribution in [0.1, 0.15) is 5.69 Å². The first-order valence-electron chi connectivity index (χ1n) is 4.37. The van der Waals surface area contributed by atoms with E-state index in [1.54, 1.807) is 6.07 Å². The molecule has 2 aromatic rings. The van der Waals surface area contributed by atoms with Crippen LogP contribution in [0.3, 0.4) is 0 Å². The van der Waals surface area contributed by atoms with Gasteiger partial charge in [-0.05, 0) is 25.1 Å².